The maximum Gasteiger partial charge on any atom is 0.337 e. The summed E-state index contributed by atoms with van der Waals surface area (Å²) < 4.78 is 0. The smallest absolute Gasteiger partial charge is 0.337 e. The highest BCUT2D eigenvalue weighted by Gasteiger charge is 2.24. The van der Waals surface area contributed by atoms with Gasteiger partial charge in [0.15, 0.2) is 0 Å². The molecule has 0 unspecified atom stereocenters. The predicted molar refractivity (Wildman–Crippen MR) is 84.9 cm³/mol. The quantitative estimate of drug-likeness (QED) is 0.918. The van der Waals surface area contributed by atoms with E-state index in [2.05, 4.69) is 22.9 Å². The van der Waals surface area contributed by atoms with Gasteiger partial charge < -0.3 is 14.9 Å². The van der Waals surface area contributed by atoms with E-state index in [-0.39, 0.29) is 0 Å². The number of carboxylic acids is 1. The number of nitrogens with zero attached hydrogens (tertiary/aromatic N) is 2. The van der Waals surface area contributed by atoms with Crippen LogP contribution in [-0.4, -0.2) is 31.2 Å². The van der Waals surface area contributed by atoms with Crippen molar-refractivity contribution >= 4 is 23.0 Å². The van der Waals surface area contributed by atoms with E-state index in [1.165, 1.54) is 0 Å². The number of likely N-dealkylation sites (N-methyl/N-ethyl adjacent to an activating group) is 1. The van der Waals surface area contributed by atoms with Gasteiger partial charge in [-0.2, -0.15) is 0 Å². The van der Waals surface area contributed by atoms with Crippen molar-refractivity contribution in [2.24, 2.45) is 0 Å². The second-order valence-electron chi connectivity index (χ2n) is 5.39. The SMILES string of the molecule is Cc1ccc(N2CCN(C)c3ccccc32)c(C(=O)O)c1. The van der Waals surface area contributed by atoms with Crippen molar-refractivity contribution in [1.82, 2.24) is 0 Å². The third-order valence-electron chi connectivity index (χ3n) is 3.92. The third-order valence-corrected chi connectivity index (χ3v) is 3.92. The molecule has 1 N–H and O–H groups in total. The Balaban J connectivity index is 2.14. The van der Waals surface area contributed by atoms with Crippen molar-refractivity contribution in [3.63, 3.8) is 0 Å². The number of hydrogen-bond donors (Lipinski definition) is 1. The number of carbonyl (C=O) groups is 1. The van der Waals surface area contributed by atoms with Crippen LogP contribution < -0.4 is 9.80 Å². The minimum absolute atomic E-state index is 0.356. The van der Waals surface area contributed by atoms with Crippen LogP contribution in [-0.2, 0) is 0 Å². The van der Waals surface area contributed by atoms with Gasteiger partial charge in [0.2, 0.25) is 0 Å². The summed E-state index contributed by atoms with van der Waals surface area (Å²) in [6.45, 7) is 3.55. The Bertz CT molecular complexity index is 697. The second-order valence-corrected chi connectivity index (χ2v) is 5.39. The van der Waals surface area contributed by atoms with E-state index in [9.17, 15) is 9.90 Å². The highest BCUT2D eigenvalue weighted by Crippen LogP contribution is 2.38. The first-order chi connectivity index (χ1) is 10.1. The minimum atomic E-state index is -0.884. The lowest BCUT2D eigenvalue weighted by atomic mass is 10.1. The molecule has 2 aromatic carbocycles. The highest BCUT2D eigenvalue weighted by atomic mass is 16.4. The van der Waals surface area contributed by atoms with Crippen LogP contribution in [0.15, 0.2) is 42.5 Å². The van der Waals surface area contributed by atoms with Gasteiger partial charge in [0.1, 0.15) is 0 Å². The van der Waals surface area contributed by atoms with Crippen LogP contribution in [0.1, 0.15) is 15.9 Å². The van der Waals surface area contributed by atoms with E-state index in [1.54, 1.807) is 6.07 Å². The first-order valence-electron chi connectivity index (χ1n) is 6.99. The van der Waals surface area contributed by atoms with E-state index in [4.69, 9.17) is 0 Å². The summed E-state index contributed by atoms with van der Waals surface area (Å²) in [5.74, 6) is -0.884. The molecule has 1 heterocycles. The van der Waals surface area contributed by atoms with E-state index >= 15 is 0 Å². The average Bonchev–Trinajstić information content (AvgIpc) is 2.48. The van der Waals surface area contributed by atoms with Gasteiger partial charge in [-0.05, 0) is 31.2 Å². The number of rotatable bonds is 2. The van der Waals surface area contributed by atoms with Crippen LogP contribution in [0.2, 0.25) is 0 Å². The van der Waals surface area contributed by atoms with Gasteiger partial charge in [-0.3, -0.25) is 0 Å². The Morgan fingerprint density at radius 2 is 1.76 bits per heavy atom. The largest absolute Gasteiger partial charge is 0.478 e. The zero-order valence-corrected chi connectivity index (χ0v) is 12.2. The van der Waals surface area contributed by atoms with Gasteiger partial charge in [0, 0.05) is 20.1 Å². The van der Waals surface area contributed by atoms with Crippen molar-refractivity contribution in [1.29, 1.82) is 0 Å². The molecule has 0 radical (unpaired) electrons. The van der Waals surface area contributed by atoms with Crippen LogP contribution in [0.5, 0.6) is 0 Å². The summed E-state index contributed by atoms with van der Waals surface area (Å²) in [7, 11) is 2.06. The minimum Gasteiger partial charge on any atom is -0.478 e. The van der Waals surface area contributed by atoms with Crippen LogP contribution in [0, 0.1) is 6.92 Å². The number of hydrogen-bond acceptors (Lipinski definition) is 3. The van der Waals surface area contributed by atoms with Crippen molar-refractivity contribution < 1.29 is 9.90 Å². The summed E-state index contributed by atoms with van der Waals surface area (Å²) in [6, 6.07) is 13.7. The Labute approximate surface area is 124 Å². The average molecular weight is 282 g/mol. The summed E-state index contributed by atoms with van der Waals surface area (Å²) in [5, 5.41) is 9.48. The van der Waals surface area contributed by atoms with Gasteiger partial charge in [-0.15, -0.1) is 0 Å². The molecule has 0 saturated heterocycles. The number of aryl methyl sites for hydroxylation is 1. The lowest BCUT2D eigenvalue weighted by Crippen LogP contribution is -2.37. The number of carboxylic acid groups (broad SMARTS) is 1. The fraction of sp³-hybridized carbons (Fsp3) is 0.235. The molecule has 0 saturated carbocycles. The van der Waals surface area contributed by atoms with Gasteiger partial charge in [-0.25, -0.2) is 4.79 Å². The maximum atomic E-state index is 11.6. The lowest BCUT2D eigenvalue weighted by Gasteiger charge is -2.37. The van der Waals surface area contributed by atoms with Gasteiger partial charge in [0.05, 0.1) is 22.6 Å². The molecule has 0 amide bonds. The van der Waals surface area contributed by atoms with E-state index in [0.29, 0.717) is 5.56 Å². The molecule has 0 aromatic heterocycles. The van der Waals surface area contributed by atoms with Crippen LogP contribution in [0.3, 0.4) is 0 Å². The first-order valence-corrected chi connectivity index (χ1v) is 6.99. The Morgan fingerprint density at radius 1 is 1.05 bits per heavy atom. The Kier molecular flexibility index (Phi) is 3.29. The summed E-state index contributed by atoms with van der Waals surface area (Å²) in [5.41, 5.74) is 4.25. The molecular weight excluding hydrogens is 264 g/mol. The van der Waals surface area contributed by atoms with Crippen LogP contribution in [0.25, 0.3) is 0 Å². The molecular formula is C17H18N2O2. The van der Waals surface area contributed by atoms with Crippen molar-refractivity contribution in [3.8, 4) is 0 Å². The maximum absolute atomic E-state index is 11.6. The number of anilines is 3. The van der Waals surface area contributed by atoms with Gasteiger partial charge in [0.25, 0.3) is 0 Å². The van der Waals surface area contributed by atoms with Crippen LogP contribution >= 0.6 is 0 Å². The van der Waals surface area contributed by atoms with Crippen LogP contribution in [0.4, 0.5) is 17.1 Å². The molecule has 0 atom stereocenters. The second kappa shape index (κ2) is 5.13. The van der Waals surface area contributed by atoms with Crippen molar-refractivity contribution in [2.45, 2.75) is 6.92 Å². The first kappa shape index (κ1) is 13.5. The molecule has 3 rings (SSSR count). The van der Waals surface area contributed by atoms with Crippen molar-refractivity contribution in [3.05, 3.63) is 53.6 Å². The molecule has 1 aliphatic rings. The molecule has 4 heteroatoms. The standard InChI is InChI=1S/C17H18N2O2/c1-12-7-8-14(13(11-12)17(20)21)19-10-9-18(2)15-5-3-4-6-16(15)19/h3-8,11H,9-10H2,1-2H3,(H,20,21). The molecule has 1 aliphatic heterocycles. The molecule has 0 bridgehead atoms. The van der Waals surface area contributed by atoms with E-state index < -0.39 is 5.97 Å². The summed E-state index contributed by atoms with van der Waals surface area (Å²) >= 11 is 0. The van der Waals surface area contributed by atoms with E-state index in [1.807, 2.05) is 37.3 Å². The lowest BCUT2D eigenvalue weighted by molar-refractivity contribution is 0.0697. The Hall–Kier alpha value is -2.49. The highest BCUT2D eigenvalue weighted by molar-refractivity contribution is 5.97. The zero-order valence-electron chi connectivity index (χ0n) is 12.2. The monoisotopic (exact) mass is 282 g/mol. The summed E-state index contributed by atoms with van der Waals surface area (Å²) in [6.07, 6.45) is 0. The topological polar surface area (TPSA) is 43.8 Å². The molecule has 0 aliphatic carbocycles. The molecule has 2 aromatic rings. The zero-order chi connectivity index (χ0) is 15.0. The number of para-hydroxylation sites is 2. The Morgan fingerprint density at radius 3 is 2.48 bits per heavy atom. The molecule has 4 nitrogen and oxygen atoms in total. The molecule has 21 heavy (non-hydrogen) atoms. The molecule has 108 valence electrons. The predicted octanol–water partition coefficient (Wildman–Crippen LogP) is 3.28. The number of benzene rings is 2. The normalized spacial score (nSPS) is 14.0. The van der Waals surface area contributed by atoms with Gasteiger partial charge in [-0.1, -0.05) is 23.8 Å². The number of aromatic carboxylic acids is 1. The molecule has 0 spiro atoms. The van der Waals surface area contributed by atoms with Gasteiger partial charge >= 0.3 is 5.97 Å². The van der Waals surface area contributed by atoms with Crippen molar-refractivity contribution in [2.75, 3.05) is 29.9 Å². The summed E-state index contributed by atoms with van der Waals surface area (Å²) in [4.78, 5) is 15.8. The fourth-order valence-corrected chi connectivity index (χ4v) is 2.81. The third kappa shape index (κ3) is 2.33. The molecule has 0 fully saturated rings. The fourth-order valence-electron chi connectivity index (χ4n) is 2.81. The van der Waals surface area contributed by atoms with E-state index in [0.717, 1.165) is 35.7 Å². The number of fused-ring (bicyclic) bond motifs is 1.